The number of hydrogen-bond acceptors (Lipinski definition) is 0. The average molecular weight is 241 g/mol. The number of rotatable bonds is 1. The molecular formula is C8H7FSn. The van der Waals surface area contributed by atoms with Gasteiger partial charge in [-0.05, 0) is 0 Å². The van der Waals surface area contributed by atoms with E-state index in [2.05, 4.69) is 0 Å². The maximum absolute atomic E-state index is 12.3. The van der Waals surface area contributed by atoms with Crippen molar-refractivity contribution in [2.45, 2.75) is 6.92 Å². The molecule has 0 saturated heterocycles. The Labute approximate surface area is 72.6 Å². The van der Waals surface area contributed by atoms with Crippen LogP contribution in [0.5, 0.6) is 0 Å². The van der Waals surface area contributed by atoms with Crippen LogP contribution in [0.15, 0.2) is 24.3 Å². The Morgan fingerprint density at radius 2 is 1.80 bits per heavy atom. The van der Waals surface area contributed by atoms with E-state index in [1.165, 1.54) is 37.7 Å². The molecule has 1 rings (SSSR count). The van der Waals surface area contributed by atoms with Crippen LogP contribution in [0.4, 0.5) is 4.39 Å². The Bertz CT molecular complexity index is 238. The van der Waals surface area contributed by atoms with Crippen LogP contribution in [0.25, 0.3) is 0 Å². The molecule has 0 aromatic heterocycles. The fraction of sp³-hybridized carbons (Fsp3) is 0.125. The summed E-state index contributed by atoms with van der Waals surface area (Å²) in [6.45, 7) is 2.05. The molecule has 2 heteroatoms. The predicted molar refractivity (Wildman–Crippen MR) is 41.9 cm³/mol. The van der Waals surface area contributed by atoms with E-state index in [1.807, 2.05) is 6.92 Å². The van der Waals surface area contributed by atoms with Gasteiger partial charge in [0.15, 0.2) is 0 Å². The summed E-state index contributed by atoms with van der Waals surface area (Å²) >= 11 is 1.39. The molecule has 10 heavy (non-hydrogen) atoms. The first-order chi connectivity index (χ1) is 4.70. The molecular weight excluding hydrogens is 234 g/mol. The summed E-state index contributed by atoms with van der Waals surface area (Å²) in [7, 11) is 0. The van der Waals surface area contributed by atoms with Gasteiger partial charge in [-0.25, -0.2) is 0 Å². The number of benzene rings is 1. The quantitative estimate of drug-likeness (QED) is 0.654. The SMILES string of the molecule is C[C](=[Sn])c1ccc(F)cc1. The molecule has 0 N–H and O–H groups in total. The molecule has 0 fully saturated rings. The van der Waals surface area contributed by atoms with E-state index in [0.717, 1.165) is 5.56 Å². The molecule has 50 valence electrons. The van der Waals surface area contributed by atoms with Crippen LogP contribution < -0.4 is 0 Å². The summed E-state index contributed by atoms with van der Waals surface area (Å²) in [6, 6.07) is 6.59. The summed E-state index contributed by atoms with van der Waals surface area (Å²) in [5, 5.41) is 0. The fourth-order valence-electron chi connectivity index (χ4n) is 0.700. The maximum atomic E-state index is 12.3. The summed E-state index contributed by atoms with van der Waals surface area (Å²) in [6.07, 6.45) is 0. The topological polar surface area (TPSA) is 0 Å². The third kappa shape index (κ3) is 1.90. The zero-order valence-corrected chi connectivity index (χ0v) is 8.54. The van der Waals surface area contributed by atoms with Crippen molar-refractivity contribution in [1.82, 2.24) is 0 Å². The minimum atomic E-state index is -0.166. The van der Waals surface area contributed by atoms with Gasteiger partial charge in [0.2, 0.25) is 0 Å². The van der Waals surface area contributed by atoms with Crippen LogP contribution in [0.2, 0.25) is 0 Å². The number of halogens is 1. The summed E-state index contributed by atoms with van der Waals surface area (Å²) in [5.74, 6) is -0.166. The minimum absolute atomic E-state index is 0.166. The monoisotopic (exact) mass is 242 g/mol. The van der Waals surface area contributed by atoms with Crippen molar-refractivity contribution in [2.75, 3.05) is 0 Å². The van der Waals surface area contributed by atoms with Gasteiger partial charge in [-0.3, -0.25) is 0 Å². The zero-order chi connectivity index (χ0) is 7.56. The van der Waals surface area contributed by atoms with Gasteiger partial charge in [-0.1, -0.05) is 0 Å². The van der Waals surface area contributed by atoms with Gasteiger partial charge >= 0.3 is 72.5 Å². The van der Waals surface area contributed by atoms with Crippen LogP contribution in [-0.2, 0) is 0 Å². The molecule has 0 aliphatic heterocycles. The van der Waals surface area contributed by atoms with E-state index in [9.17, 15) is 4.39 Å². The summed E-state index contributed by atoms with van der Waals surface area (Å²) in [5.41, 5.74) is 1.14. The van der Waals surface area contributed by atoms with Crippen LogP contribution in [0.3, 0.4) is 0 Å². The van der Waals surface area contributed by atoms with Gasteiger partial charge in [0, 0.05) is 0 Å². The van der Waals surface area contributed by atoms with Gasteiger partial charge in [0.05, 0.1) is 0 Å². The first kappa shape index (κ1) is 7.92. The molecule has 0 spiro atoms. The molecule has 1 aromatic carbocycles. The van der Waals surface area contributed by atoms with Crippen LogP contribution in [0.1, 0.15) is 12.5 Å². The second-order valence-corrected chi connectivity index (χ2v) is 4.27. The third-order valence-corrected chi connectivity index (χ3v) is 2.10. The number of hydrogen-bond donors (Lipinski definition) is 0. The van der Waals surface area contributed by atoms with Crippen LogP contribution >= 0.6 is 0 Å². The summed E-state index contributed by atoms with van der Waals surface area (Å²) in [4.78, 5) is 0. The Balaban J connectivity index is 3.00. The van der Waals surface area contributed by atoms with Gasteiger partial charge in [0.25, 0.3) is 0 Å². The Hall–Kier alpha value is -0.181. The van der Waals surface area contributed by atoms with E-state index in [0.29, 0.717) is 0 Å². The molecule has 0 saturated carbocycles. The standard InChI is InChI=1S/C8H7F.Sn/c1-2-7-3-5-8(9)6-4-7;/h3-6H,1H3;. The fourth-order valence-corrected chi connectivity index (χ4v) is 1.18. The Morgan fingerprint density at radius 3 is 2.20 bits per heavy atom. The van der Waals surface area contributed by atoms with Gasteiger partial charge in [0.1, 0.15) is 0 Å². The van der Waals surface area contributed by atoms with Gasteiger partial charge in [-0.2, -0.15) is 0 Å². The van der Waals surface area contributed by atoms with Crippen LogP contribution in [0, 0.1) is 5.82 Å². The van der Waals surface area contributed by atoms with Crippen molar-refractivity contribution in [3.05, 3.63) is 35.6 Å². The van der Waals surface area contributed by atoms with Crippen LogP contribution in [-0.4, -0.2) is 25.6 Å². The van der Waals surface area contributed by atoms with E-state index in [1.54, 1.807) is 12.1 Å². The molecule has 0 aliphatic rings. The molecule has 2 radical (unpaired) electrons. The van der Waals surface area contributed by atoms with Crippen molar-refractivity contribution in [3.63, 3.8) is 0 Å². The molecule has 0 atom stereocenters. The van der Waals surface area contributed by atoms with Gasteiger partial charge in [-0.15, -0.1) is 0 Å². The molecule has 1 aromatic rings. The van der Waals surface area contributed by atoms with Gasteiger partial charge < -0.3 is 0 Å². The van der Waals surface area contributed by atoms with E-state index >= 15 is 0 Å². The zero-order valence-electron chi connectivity index (χ0n) is 5.69. The first-order valence-corrected chi connectivity index (χ1v) is 4.44. The van der Waals surface area contributed by atoms with Crippen molar-refractivity contribution in [2.24, 2.45) is 0 Å². The molecule has 0 nitrogen and oxygen atoms in total. The van der Waals surface area contributed by atoms with Crippen molar-refractivity contribution < 1.29 is 4.39 Å². The van der Waals surface area contributed by atoms with Crippen molar-refractivity contribution in [1.29, 1.82) is 0 Å². The second kappa shape index (κ2) is 3.28. The van der Waals surface area contributed by atoms with Crippen molar-refractivity contribution in [3.8, 4) is 0 Å². The second-order valence-electron chi connectivity index (χ2n) is 2.13. The molecule has 0 amide bonds. The normalized spacial score (nSPS) is 9.40. The third-order valence-electron chi connectivity index (χ3n) is 1.28. The predicted octanol–water partition coefficient (Wildman–Crippen LogP) is 1.53. The van der Waals surface area contributed by atoms with Crippen molar-refractivity contribution >= 4 is 25.6 Å². The van der Waals surface area contributed by atoms with E-state index < -0.39 is 0 Å². The van der Waals surface area contributed by atoms with E-state index in [4.69, 9.17) is 0 Å². The Morgan fingerprint density at radius 1 is 1.30 bits per heavy atom. The molecule has 0 unspecified atom stereocenters. The van der Waals surface area contributed by atoms with E-state index in [-0.39, 0.29) is 5.82 Å². The molecule has 0 heterocycles. The summed E-state index contributed by atoms with van der Waals surface area (Å²) < 4.78 is 13.6. The molecule has 0 aliphatic carbocycles. The average Bonchev–Trinajstić information content (AvgIpc) is 1.88. The molecule has 0 bridgehead atoms. The Kier molecular flexibility index (Phi) is 2.60. The first-order valence-electron chi connectivity index (χ1n) is 3.01.